The van der Waals surface area contributed by atoms with Crippen molar-refractivity contribution in [2.24, 2.45) is 5.73 Å². The molecule has 0 saturated heterocycles. The summed E-state index contributed by atoms with van der Waals surface area (Å²) < 4.78 is 0. The number of nitrogens with two attached hydrogens (primary N) is 1. The average molecular weight is 228 g/mol. The van der Waals surface area contributed by atoms with E-state index >= 15 is 0 Å². The molecule has 0 aliphatic rings. The van der Waals surface area contributed by atoms with Crippen LogP contribution in [-0.4, -0.2) is 12.5 Å². The van der Waals surface area contributed by atoms with Gasteiger partial charge in [0.15, 0.2) is 0 Å². The summed E-state index contributed by atoms with van der Waals surface area (Å²) in [7, 11) is 0. The molecule has 0 radical (unpaired) electrons. The van der Waals surface area contributed by atoms with Crippen LogP contribution < -0.4 is 11.1 Å². The van der Waals surface area contributed by atoms with Gasteiger partial charge in [0, 0.05) is 18.7 Å². The minimum Gasteiger partial charge on any atom is -0.330 e. The Hall–Kier alpha value is -1.87. The number of fused-ring (bicyclic) bond motifs is 1. The van der Waals surface area contributed by atoms with Gasteiger partial charge in [0.2, 0.25) is 5.91 Å². The van der Waals surface area contributed by atoms with Crippen LogP contribution in [0.2, 0.25) is 0 Å². The van der Waals surface area contributed by atoms with Gasteiger partial charge in [-0.1, -0.05) is 29.8 Å². The first kappa shape index (κ1) is 11.6. The maximum absolute atomic E-state index is 11.4. The number of hydrogen-bond donors (Lipinski definition) is 2. The molecule has 3 N–H and O–H groups in total. The summed E-state index contributed by atoms with van der Waals surface area (Å²) in [4.78, 5) is 11.4. The summed E-state index contributed by atoms with van der Waals surface area (Å²) in [5.41, 5.74) is 7.38. The van der Waals surface area contributed by atoms with E-state index < -0.39 is 0 Å². The number of carbonyl (C=O) groups excluding carboxylic acids is 1. The summed E-state index contributed by atoms with van der Waals surface area (Å²) >= 11 is 0. The van der Waals surface area contributed by atoms with Crippen molar-refractivity contribution in [1.29, 1.82) is 0 Å². The van der Waals surface area contributed by atoms with E-state index in [2.05, 4.69) is 30.4 Å². The molecule has 0 aliphatic heterocycles. The highest BCUT2D eigenvalue weighted by atomic mass is 16.1. The Bertz CT molecular complexity index is 549. The number of aryl methyl sites for hydroxylation is 1. The molecule has 2 aromatic rings. The maximum atomic E-state index is 11.4. The quantitative estimate of drug-likeness (QED) is 0.847. The van der Waals surface area contributed by atoms with Crippen LogP contribution in [0.1, 0.15) is 12.0 Å². The number of rotatable bonds is 3. The van der Waals surface area contributed by atoms with E-state index in [4.69, 9.17) is 5.73 Å². The molecule has 3 heteroatoms. The molecule has 0 atom stereocenters. The van der Waals surface area contributed by atoms with Gasteiger partial charge in [0.25, 0.3) is 0 Å². The molecule has 88 valence electrons. The molecule has 0 aliphatic carbocycles. The molecule has 17 heavy (non-hydrogen) atoms. The zero-order valence-corrected chi connectivity index (χ0v) is 9.86. The van der Waals surface area contributed by atoms with Crippen LogP contribution >= 0.6 is 0 Å². The first-order valence-corrected chi connectivity index (χ1v) is 5.69. The van der Waals surface area contributed by atoms with Gasteiger partial charge in [-0.15, -0.1) is 0 Å². The second-order valence-corrected chi connectivity index (χ2v) is 4.15. The maximum Gasteiger partial charge on any atom is 0.225 e. The zero-order valence-electron chi connectivity index (χ0n) is 9.86. The Morgan fingerprint density at radius 1 is 1.18 bits per heavy atom. The van der Waals surface area contributed by atoms with E-state index in [9.17, 15) is 4.79 Å². The van der Waals surface area contributed by atoms with Crippen molar-refractivity contribution in [3.63, 3.8) is 0 Å². The first-order valence-electron chi connectivity index (χ1n) is 5.69. The summed E-state index contributed by atoms with van der Waals surface area (Å²) in [6.45, 7) is 2.44. The molecule has 0 unspecified atom stereocenters. The van der Waals surface area contributed by atoms with Crippen LogP contribution in [0.3, 0.4) is 0 Å². The highest BCUT2D eigenvalue weighted by Gasteiger charge is 2.01. The van der Waals surface area contributed by atoms with E-state index in [1.54, 1.807) is 0 Å². The van der Waals surface area contributed by atoms with Crippen molar-refractivity contribution in [3.8, 4) is 0 Å². The topological polar surface area (TPSA) is 55.1 Å². The number of hydrogen-bond acceptors (Lipinski definition) is 2. The molecule has 0 bridgehead atoms. The third-order valence-corrected chi connectivity index (χ3v) is 2.65. The Labute approximate surface area is 101 Å². The lowest BCUT2D eigenvalue weighted by molar-refractivity contribution is -0.116. The molecule has 2 aromatic carbocycles. The lowest BCUT2D eigenvalue weighted by atomic mass is 10.1. The Morgan fingerprint density at radius 2 is 1.88 bits per heavy atom. The SMILES string of the molecule is Cc1ccc2cc(NC(=O)CCN)ccc2c1. The van der Waals surface area contributed by atoms with Crippen molar-refractivity contribution in [3.05, 3.63) is 42.0 Å². The number of benzene rings is 2. The lowest BCUT2D eigenvalue weighted by Crippen LogP contribution is -2.16. The predicted octanol–water partition coefficient (Wildman–Crippen LogP) is 2.44. The molecule has 0 heterocycles. The Balaban J connectivity index is 2.26. The smallest absolute Gasteiger partial charge is 0.225 e. The van der Waals surface area contributed by atoms with Gasteiger partial charge in [-0.3, -0.25) is 4.79 Å². The second kappa shape index (κ2) is 4.97. The molecular formula is C14H16N2O. The third-order valence-electron chi connectivity index (χ3n) is 2.65. The summed E-state index contributed by atoms with van der Waals surface area (Å²) in [5, 5.41) is 5.14. The number of amides is 1. The van der Waals surface area contributed by atoms with E-state index in [1.807, 2.05) is 18.2 Å². The Kier molecular flexibility index (Phi) is 3.40. The summed E-state index contributed by atoms with van der Waals surface area (Å²) in [6, 6.07) is 12.2. The van der Waals surface area contributed by atoms with Crippen LogP contribution in [-0.2, 0) is 4.79 Å². The van der Waals surface area contributed by atoms with Gasteiger partial charge in [-0.05, 0) is 29.8 Å². The highest BCUT2D eigenvalue weighted by molar-refractivity contribution is 5.94. The summed E-state index contributed by atoms with van der Waals surface area (Å²) in [5.74, 6) is -0.0426. The van der Waals surface area contributed by atoms with Gasteiger partial charge in [-0.2, -0.15) is 0 Å². The molecule has 3 nitrogen and oxygen atoms in total. The minimum absolute atomic E-state index is 0.0426. The average Bonchev–Trinajstić information content (AvgIpc) is 2.29. The normalized spacial score (nSPS) is 10.5. The van der Waals surface area contributed by atoms with E-state index in [0.29, 0.717) is 13.0 Å². The molecule has 1 amide bonds. The van der Waals surface area contributed by atoms with Gasteiger partial charge >= 0.3 is 0 Å². The Morgan fingerprint density at radius 3 is 2.65 bits per heavy atom. The van der Waals surface area contributed by atoms with Gasteiger partial charge < -0.3 is 11.1 Å². The highest BCUT2D eigenvalue weighted by Crippen LogP contribution is 2.20. The molecule has 0 saturated carbocycles. The zero-order chi connectivity index (χ0) is 12.3. The van der Waals surface area contributed by atoms with Crippen molar-refractivity contribution < 1.29 is 4.79 Å². The van der Waals surface area contributed by atoms with Gasteiger partial charge in [0.1, 0.15) is 0 Å². The number of anilines is 1. The van der Waals surface area contributed by atoms with Gasteiger partial charge in [-0.25, -0.2) is 0 Å². The largest absolute Gasteiger partial charge is 0.330 e. The van der Waals surface area contributed by atoms with Crippen LogP contribution in [0.15, 0.2) is 36.4 Å². The van der Waals surface area contributed by atoms with E-state index in [-0.39, 0.29) is 5.91 Å². The molecule has 0 fully saturated rings. The van der Waals surface area contributed by atoms with Crippen molar-refractivity contribution in [2.45, 2.75) is 13.3 Å². The fourth-order valence-corrected chi connectivity index (χ4v) is 1.80. The third kappa shape index (κ3) is 2.82. The van der Waals surface area contributed by atoms with Crippen LogP contribution in [0.5, 0.6) is 0 Å². The van der Waals surface area contributed by atoms with E-state index in [0.717, 1.165) is 11.1 Å². The van der Waals surface area contributed by atoms with Crippen molar-refractivity contribution in [2.75, 3.05) is 11.9 Å². The monoisotopic (exact) mass is 228 g/mol. The lowest BCUT2D eigenvalue weighted by Gasteiger charge is -2.06. The standard InChI is InChI=1S/C14H16N2O/c1-10-2-3-12-9-13(5-4-11(12)8-10)16-14(17)6-7-15/h2-5,8-9H,6-7,15H2,1H3,(H,16,17). The van der Waals surface area contributed by atoms with Crippen molar-refractivity contribution >= 4 is 22.4 Å². The molecular weight excluding hydrogens is 212 g/mol. The van der Waals surface area contributed by atoms with Crippen LogP contribution in [0, 0.1) is 6.92 Å². The predicted molar refractivity (Wildman–Crippen MR) is 71.0 cm³/mol. The van der Waals surface area contributed by atoms with Crippen LogP contribution in [0.4, 0.5) is 5.69 Å². The van der Waals surface area contributed by atoms with Gasteiger partial charge in [0.05, 0.1) is 0 Å². The second-order valence-electron chi connectivity index (χ2n) is 4.15. The van der Waals surface area contributed by atoms with Crippen LogP contribution in [0.25, 0.3) is 10.8 Å². The fraction of sp³-hybridized carbons (Fsp3) is 0.214. The number of carbonyl (C=O) groups is 1. The van der Waals surface area contributed by atoms with E-state index in [1.165, 1.54) is 10.9 Å². The minimum atomic E-state index is -0.0426. The first-order chi connectivity index (χ1) is 8.19. The molecule has 2 rings (SSSR count). The van der Waals surface area contributed by atoms with Crippen molar-refractivity contribution in [1.82, 2.24) is 0 Å². The summed E-state index contributed by atoms with van der Waals surface area (Å²) in [6.07, 6.45) is 0.353. The number of nitrogens with one attached hydrogen (secondary N) is 1. The molecule has 0 spiro atoms. The fourth-order valence-electron chi connectivity index (χ4n) is 1.80. The molecule has 0 aromatic heterocycles.